The molecule has 6 heteroatoms. The van der Waals surface area contributed by atoms with Crippen LogP contribution in [0.15, 0.2) is 133 Å². The van der Waals surface area contributed by atoms with Crippen LogP contribution in [0.2, 0.25) is 10.0 Å². The van der Waals surface area contributed by atoms with Gasteiger partial charge in [-0.2, -0.15) is 10.5 Å². The van der Waals surface area contributed by atoms with Crippen LogP contribution in [0.5, 0.6) is 23.0 Å². The van der Waals surface area contributed by atoms with Gasteiger partial charge in [0, 0.05) is 0 Å². The fraction of sp³-hybridized carbons (Fsp3) is 0.0256. The Morgan fingerprint density at radius 3 is 1.27 bits per heavy atom. The molecule has 45 heavy (non-hydrogen) atoms. The van der Waals surface area contributed by atoms with E-state index in [1.54, 1.807) is 36.4 Å². The van der Waals surface area contributed by atoms with Crippen LogP contribution in [0.25, 0.3) is 11.1 Å². The molecule has 0 radical (unpaired) electrons. The quantitative estimate of drug-likeness (QED) is 0.185. The van der Waals surface area contributed by atoms with Gasteiger partial charge in [-0.1, -0.05) is 108 Å². The molecule has 214 valence electrons. The molecule has 0 spiro atoms. The first-order valence-electron chi connectivity index (χ1n) is 14.2. The van der Waals surface area contributed by atoms with Crippen LogP contribution in [-0.4, -0.2) is 0 Å². The Kier molecular flexibility index (Phi) is 7.24. The van der Waals surface area contributed by atoms with E-state index in [0.717, 1.165) is 22.3 Å². The zero-order valence-electron chi connectivity index (χ0n) is 23.7. The van der Waals surface area contributed by atoms with E-state index in [0.29, 0.717) is 44.2 Å². The number of rotatable bonds is 6. The molecule has 1 aliphatic rings. The Morgan fingerprint density at radius 1 is 0.467 bits per heavy atom. The second-order valence-corrected chi connectivity index (χ2v) is 11.4. The van der Waals surface area contributed by atoms with Crippen molar-refractivity contribution in [2.75, 3.05) is 0 Å². The molecular weight excluding hydrogens is 599 g/mol. The van der Waals surface area contributed by atoms with Gasteiger partial charge in [0.2, 0.25) is 0 Å². The summed E-state index contributed by atoms with van der Waals surface area (Å²) in [4.78, 5) is 0. The summed E-state index contributed by atoms with van der Waals surface area (Å²) in [5.74, 6) is 1.98. The molecule has 0 saturated carbocycles. The number of ether oxygens (including phenoxy) is 2. The lowest BCUT2D eigenvalue weighted by Crippen LogP contribution is -2.28. The Labute approximate surface area is 270 Å². The molecule has 0 unspecified atom stereocenters. The highest BCUT2D eigenvalue weighted by atomic mass is 35.5. The molecule has 6 aromatic carbocycles. The summed E-state index contributed by atoms with van der Waals surface area (Å²) in [6.45, 7) is 0. The lowest BCUT2D eigenvalue weighted by atomic mass is 9.68. The van der Waals surface area contributed by atoms with Gasteiger partial charge >= 0.3 is 0 Å². The number of hydrogen-bond acceptors (Lipinski definition) is 4. The summed E-state index contributed by atoms with van der Waals surface area (Å²) in [5.41, 5.74) is 6.72. The number of fused-ring (bicyclic) bond motifs is 3. The van der Waals surface area contributed by atoms with E-state index in [9.17, 15) is 10.5 Å². The van der Waals surface area contributed by atoms with Gasteiger partial charge in [0.05, 0.1) is 15.5 Å². The van der Waals surface area contributed by atoms with E-state index in [1.165, 1.54) is 11.1 Å². The number of hydrogen-bond donors (Lipinski definition) is 0. The van der Waals surface area contributed by atoms with E-state index < -0.39 is 5.41 Å². The van der Waals surface area contributed by atoms with E-state index in [4.69, 9.17) is 32.7 Å². The minimum Gasteiger partial charge on any atom is -0.456 e. The van der Waals surface area contributed by atoms with Crippen molar-refractivity contribution in [1.82, 2.24) is 0 Å². The molecule has 0 amide bonds. The molecule has 0 aliphatic heterocycles. The van der Waals surface area contributed by atoms with Gasteiger partial charge < -0.3 is 9.47 Å². The Balaban J connectivity index is 1.35. The van der Waals surface area contributed by atoms with Crippen molar-refractivity contribution in [3.63, 3.8) is 0 Å². The lowest BCUT2D eigenvalue weighted by Gasteiger charge is -2.34. The Hall–Kier alpha value is -5.52. The van der Waals surface area contributed by atoms with Crippen molar-refractivity contribution in [1.29, 1.82) is 10.5 Å². The van der Waals surface area contributed by atoms with Crippen LogP contribution in [-0.2, 0) is 5.41 Å². The lowest BCUT2D eigenvalue weighted by molar-refractivity contribution is 0.480. The van der Waals surface area contributed by atoms with Crippen molar-refractivity contribution in [3.05, 3.63) is 177 Å². The van der Waals surface area contributed by atoms with Crippen LogP contribution < -0.4 is 9.47 Å². The van der Waals surface area contributed by atoms with Gasteiger partial charge in [0.1, 0.15) is 46.3 Å². The molecule has 0 heterocycles. The van der Waals surface area contributed by atoms with E-state index in [2.05, 4.69) is 84.9 Å². The highest BCUT2D eigenvalue weighted by Crippen LogP contribution is 2.56. The number of benzene rings is 6. The van der Waals surface area contributed by atoms with Crippen LogP contribution in [0, 0.1) is 22.7 Å². The van der Waals surface area contributed by atoms with Gasteiger partial charge in [-0.15, -0.1) is 0 Å². The molecule has 7 rings (SSSR count). The fourth-order valence-corrected chi connectivity index (χ4v) is 6.64. The summed E-state index contributed by atoms with van der Waals surface area (Å²) in [6.07, 6.45) is 0. The standard InChI is InChI=1S/C39H22Cl2N2O2/c40-35-11-5-13-37(31(35)23-42)44-27-19-15-25(16-20-27)39(33-9-3-1-7-29(33)30-8-2-4-10-34(30)39)26-17-21-28(22-18-26)45-38-14-6-12-36(41)32(38)24-43/h1-22H. The largest absolute Gasteiger partial charge is 0.456 e. The Morgan fingerprint density at radius 2 is 0.867 bits per heavy atom. The molecule has 0 saturated heterocycles. The number of nitriles is 2. The average Bonchev–Trinajstić information content (AvgIpc) is 3.37. The maximum absolute atomic E-state index is 9.61. The van der Waals surface area contributed by atoms with Crippen molar-refractivity contribution in [3.8, 4) is 46.3 Å². The minimum atomic E-state index is -0.633. The molecule has 0 atom stereocenters. The van der Waals surface area contributed by atoms with Crippen LogP contribution in [0.3, 0.4) is 0 Å². The maximum atomic E-state index is 9.61. The summed E-state index contributed by atoms with van der Waals surface area (Å²) in [6, 6.07) is 47.5. The first-order chi connectivity index (χ1) is 22.0. The average molecular weight is 622 g/mol. The van der Waals surface area contributed by atoms with Gasteiger partial charge in [-0.25, -0.2) is 0 Å². The predicted octanol–water partition coefficient (Wildman–Crippen LogP) is 10.7. The van der Waals surface area contributed by atoms with Crippen molar-refractivity contribution < 1.29 is 9.47 Å². The zero-order valence-corrected chi connectivity index (χ0v) is 25.2. The molecule has 0 aromatic heterocycles. The molecule has 0 fully saturated rings. The highest BCUT2D eigenvalue weighted by molar-refractivity contribution is 6.32. The SMILES string of the molecule is N#Cc1c(Cl)cccc1Oc1ccc(C2(c3ccc(Oc4cccc(Cl)c4C#N)cc3)c3ccccc3-c3ccccc32)cc1. The van der Waals surface area contributed by atoms with Gasteiger partial charge in [-0.05, 0) is 81.9 Å². The summed E-state index contributed by atoms with van der Waals surface area (Å²) in [7, 11) is 0. The Bertz CT molecular complexity index is 2000. The first-order valence-corrected chi connectivity index (χ1v) is 14.9. The fourth-order valence-electron chi connectivity index (χ4n) is 6.22. The minimum absolute atomic E-state index is 0.292. The second-order valence-electron chi connectivity index (χ2n) is 10.5. The van der Waals surface area contributed by atoms with E-state index in [-0.39, 0.29) is 0 Å². The van der Waals surface area contributed by atoms with Gasteiger partial charge in [-0.3, -0.25) is 0 Å². The van der Waals surface area contributed by atoms with E-state index >= 15 is 0 Å². The molecule has 0 N–H and O–H groups in total. The third-order valence-corrected chi connectivity index (χ3v) is 8.79. The van der Waals surface area contributed by atoms with Crippen LogP contribution in [0.1, 0.15) is 33.4 Å². The molecular formula is C39H22Cl2N2O2. The number of halogens is 2. The maximum Gasteiger partial charge on any atom is 0.146 e. The topological polar surface area (TPSA) is 66.0 Å². The van der Waals surface area contributed by atoms with E-state index in [1.807, 2.05) is 24.3 Å². The molecule has 4 nitrogen and oxygen atoms in total. The van der Waals surface area contributed by atoms with Crippen molar-refractivity contribution in [2.24, 2.45) is 0 Å². The summed E-state index contributed by atoms with van der Waals surface area (Å²) < 4.78 is 12.2. The van der Waals surface area contributed by atoms with Gasteiger partial charge in [0.15, 0.2) is 0 Å². The van der Waals surface area contributed by atoms with Crippen molar-refractivity contribution in [2.45, 2.75) is 5.41 Å². The van der Waals surface area contributed by atoms with Gasteiger partial charge in [0.25, 0.3) is 0 Å². The first kappa shape index (κ1) is 28.3. The summed E-state index contributed by atoms with van der Waals surface area (Å²) >= 11 is 12.5. The highest BCUT2D eigenvalue weighted by Gasteiger charge is 2.45. The predicted molar refractivity (Wildman–Crippen MR) is 176 cm³/mol. The van der Waals surface area contributed by atoms with Crippen molar-refractivity contribution >= 4 is 23.2 Å². The smallest absolute Gasteiger partial charge is 0.146 e. The van der Waals surface area contributed by atoms with Crippen LogP contribution >= 0.6 is 23.2 Å². The molecule has 1 aliphatic carbocycles. The zero-order chi connectivity index (χ0) is 31.0. The number of nitrogens with zero attached hydrogens (tertiary/aromatic N) is 2. The third-order valence-electron chi connectivity index (χ3n) is 8.16. The second kappa shape index (κ2) is 11.5. The monoisotopic (exact) mass is 620 g/mol. The summed E-state index contributed by atoms with van der Waals surface area (Å²) in [5, 5.41) is 19.9. The molecule has 6 aromatic rings. The molecule has 0 bridgehead atoms. The normalized spacial score (nSPS) is 12.4. The third kappa shape index (κ3) is 4.69. The van der Waals surface area contributed by atoms with Crippen LogP contribution in [0.4, 0.5) is 0 Å².